The molecule has 0 saturated carbocycles. The van der Waals surface area contributed by atoms with Crippen LogP contribution < -0.4 is 10.5 Å². The minimum Gasteiger partial charge on any atom is -0.493 e. The number of thiocarbonyl (C=S) groups is 1. The Bertz CT molecular complexity index is 407. The zero-order valence-electron chi connectivity index (χ0n) is 11.0. The molecule has 0 unspecified atom stereocenters. The monoisotopic (exact) mass is 251 g/mol. The smallest absolute Gasteiger partial charge is 0.132 e. The molecular formula is C14H21NOS. The summed E-state index contributed by atoms with van der Waals surface area (Å²) < 4.78 is 5.84. The first-order valence-corrected chi connectivity index (χ1v) is 6.24. The van der Waals surface area contributed by atoms with Gasteiger partial charge in [0.15, 0.2) is 0 Å². The SMILES string of the molecule is Cc1cccc(C(N)=S)c1OCCC(C)(C)C. The molecule has 0 amide bonds. The minimum atomic E-state index is 0.270. The van der Waals surface area contributed by atoms with E-state index in [1.807, 2.05) is 25.1 Å². The molecule has 17 heavy (non-hydrogen) atoms. The minimum absolute atomic E-state index is 0.270. The van der Waals surface area contributed by atoms with Gasteiger partial charge >= 0.3 is 0 Å². The summed E-state index contributed by atoms with van der Waals surface area (Å²) in [6.45, 7) is 9.28. The Labute approximate surface area is 109 Å². The summed E-state index contributed by atoms with van der Waals surface area (Å²) in [7, 11) is 0. The second-order valence-corrected chi connectivity index (χ2v) is 5.91. The predicted molar refractivity (Wildman–Crippen MR) is 76.6 cm³/mol. The molecule has 94 valence electrons. The van der Waals surface area contributed by atoms with Crippen molar-refractivity contribution in [2.45, 2.75) is 34.1 Å². The summed E-state index contributed by atoms with van der Waals surface area (Å²) >= 11 is 5.03. The molecule has 0 heterocycles. The second kappa shape index (κ2) is 5.50. The van der Waals surface area contributed by atoms with Crippen LogP contribution in [0, 0.1) is 12.3 Å². The van der Waals surface area contributed by atoms with E-state index in [-0.39, 0.29) is 5.41 Å². The first-order valence-electron chi connectivity index (χ1n) is 5.83. The van der Waals surface area contributed by atoms with Crippen molar-refractivity contribution >= 4 is 17.2 Å². The Balaban J connectivity index is 2.79. The van der Waals surface area contributed by atoms with Crippen LogP contribution in [0.5, 0.6) is 5.75 Å². The maximum atomic E-state index is 5.84. The van der Waals surface area contributed by atoms with Crippen molar-refractivity contribution in [2.75, 3.05) is 6.61 Å². The van der Waals surface area contributed by atoms with Crippen LogP contribution in [0.4, 0.5) is 0 Å². The lowest BCUT2D eigenvalue weighted by molar-refractivity contribution is 0.241. The van der Waals surface area contributed by atoms with Crippen LogP contribution in [0.25, 0.3) is 0 Å². The van der Waals surface area contributed by atoms with Gasteiger partial charge in [-0.05, 0) is 30.4 Å². The van der Waals surface area contributed by atoms with E-state index in [1.165, 1.54) is 0 Å². The van der Waals surface area contributed by atoms with Crippen molar-refractivity contribution in [3.8, 4) is 5.75 Å². The third kappa shape index (κ3) is 4.35. The van der Waals surface area contributed by atoms with Crippen molar-refractivity contribution in [3.63, 3.8) is 0 Å². The topological polar surface area (TPSA) is 35.2 Å². The van der Waals surface area contributed by atoms with Crippen molar-refractivity contribution in [1.29, 1.82) is 0 Å². The maximum Gasteiger partial charge on any atom is 0.132 e. The molecule has 0 aliphatic rings. The molecule has 0 radical (unpaired) electrons. The van der Waals surface area contributed by atoms with Crippen LogP contribution in [-0.4, -0.2) is 11.6 Å². The first-order chi connectivity index (χ1) is 7.81. The van der Waals surface area contributed by atoms with E-state index in [0.29, 0.717) is 11.6 Å². The van der Waals surface area contributed by atoms with E-state index in [9.17, 15) is 0 Å². The number of aryl methyl sites for hydroxylation is 1. The van der Waals surface area contributed by atoms with Gasteiger partial charge in [0.25, 0.3) is 0 Å². The summed E-state index contributed by atoms with van der Waals surface area (Å²) in [5, 5.41) is 0. The van der Waals surface area contributed by atoms with E-state index >= 15 is 0 Å². The number of para-hydroxylation sites is 1. The van der Waals surface area contributed by atoms with Crippen molar-refractivity contribution in [2.24, 2.45) is 11.1 Å². The van der Waals surface area contributed by atoms with E-state index < -0.39 is 0 Å². The van der Waals surface area contributed by atoms with Gasteiger partial charge in [-0.25, -0.2) is 0 Å². The lowest BCUT2D eigenvalue weighted by atomic mass is 9.93. The lowest BCUT2D eigenvalue weighted by Gasteiger charge is -2.19. The third-order valence-corrected chi connectivity index (χ3v) is 2.80. The van der Waals surface area contributed by atoms with Crippen LogP contribution in [0.2, 0.25) is 0 Å². The molecule has 0 atom stereocenters. The van der Waals surface area contributed by atoms with Crippen LogP contribution >= 0.6 is 12.2 Å². The fraction of sp³-hybridized carbons (Fsp3) is 0.500. The van der Waals surface area contributed by atoms with E-state index in [2.05, 4.69) is 20.8 Å². The van der Waals surface area contributed by atoms with Crippen LogP contribution in [0.1, 0.15) is 38.3 Å². The zero-order chi connectivity index (χ0) is 13.1. The summed E-state index contributed by atoms with van der Waals surface area (Å²) in [5.41, 5.74) is 7.86. The molecule has 0 fully saturated rings. The lowest BCUT2D eigenvalue weighted by Crippen LogP contribution is -2.15. The van der Waals surface area contributed by atoms with Gasteiger partial charge in [-0.15, -0.1) is 0 Å². The molecule has 0 aromatic heterocycles. The Morgan fingerprint density at radius 2 is 2.00 bits per heavy atom. The number of nitrogens with two attached hydrogens (primary N) is 1. The predicted octanol–water partition coefficient (Wildman–Crippen LogP) is 3.44. The normalized spacial score (nSPS) is 11.3. The summed E-state index contributed by atoms with van der Waals surface area (Å²) in [6.07, 6.45) is 0.998. The molecule has 2 N–H and O–H groups in total. The Kier molecular flexibility index (Phi) is 4.52. The van der Waals surface area contributed by atoms with Crippen molar-refractivity contribution in [1.82, 2.24) is 0 Å². The maximum absolute atomic E-state index is 5.84. The van der Waals surface area contributed by atoms with Crippen LogP contribution in [0.15, 0.2) is 18.2 Å². The molecular weight excluding hydrogens is 230 g/mol. The van der Waals surface area contributed by atoms with Gasteiger partial charge in [0.1, 0.15) is 10.7 Å². The van der Waals surface area contributed by atoms with Gasteiger partial charge in [-0.1, -0.05) is 45.1 Å². The van der Waals surface area contributed by atoms with Gasteiger partial charge in [0.2, 0.25) is 0 Å². The van der Waals surface area contributed by atoms with E-state index in [0.717, 1.165) is 23.3 Å². The molecule has 2 nitrogen and oxygen atoms in total. The Hall–Kier alpha value is -1.09. The standard InChI is InChI=1S/C14H21NOS/c1-10-6-5-7-11(13(15)17)12(10)16-9-8-14(2,3)4/h5-7H,8-9H2,1-4H3,(H2,15,17). The molecule has 0 aliphatic heterocycles. The second-order valence-electron chi connectivity index (χ2n) is 5.47. The Morgan fingerprint density at radius 3 is 2.53 bits per heavy atom. The third-order valence-electron chi connectivity index (χ3n) is 2.58. The number of benzene rings is 1. The number of ether oxygens (including phenoxy) is 1. The molecule has 0 saturated heterocycles. The molecule has 1 aromatic carbocycles. The molecule has 0 spiro atoms. The van der Waals surface area contributed by atoms with Crippen LogP contribution in [0.3, 0.4) is 0 Å². The summed E-state index contributed by atoms with van der Waals surface area (Å²) in [6, 6.07) is 5.86. The van der Waals surface area contributed by atoms with Gasteiger partial charge in [0, 0.05) is 0 Å². The summed E-state index contributed by atoms with van der Waals surface area (Å²) in [4.78, 5) is 0.388. The average molecular weight is 251 g/mol. The van der Waals surface area contributed by atoms with Crippen molar-refractivity contribution in [3.05, 3.63) is 29.3 Å². The quantitative estimate of drug-likeness (QED) is 0.833. The zero-order valence-corrected chi connectivity index (χ0v) is 11.9. The highest BCUT2D eigenvalue weighted by Crippen LogP contribution is 2.25. The highest BCUT2D eigenvalue weighted by Gasteiger charge is 2.13. The fourth-order valence-electron chi connectivity index (χ4n) is 1.50. The van der Waals surface area contributed by atoms with Gasteiger partial charge in [-0.3, -0.25) is 0 Å². The number of hydrogen-bond donors (Lipinski definition) is 1. The Morgan fingerprint density at radius 1 is 1.35 bits per heavy atom. The van der Waals surface area contributed by atoms with E-state index in [1.54, 1.807) is 0 Å². The molecule has 0 bridgehead atoms. The number of rotatable bonds is 4. The molecule has 1 rings (SSSR count). The molecule has 0 aliphatic carbocycles. The van der Waals surface area contributed by atoms with Crippen LogP contribution in [-0.2, 0) is 0 Å². The van der Waals surface area contributed by atoms with Gasteiger partial charge < -0.3 is 10.5 Å². The molecule has 3 heteroatoms. The summed E-state index contributed by atoms with van der Waals surface area (Å²) in [5.74, 6) is 0.823. The molecule has 1 aromatic rings. The largest absolute Gasteiger partial charge is 0.493 e. The average Bonchev–Trinajstić information content (AvgIpc) is 2.18. The fourth-order valence-corrected chi connectivity index (χ4v) is 1.66. The van der Waals surface area contributed by atoms with Gasteiger partial charge in [-0.2, -0.15) is 0 Å². The number of hydrogen-bond acceptors (Lipinski definition) is 2. The van der Waals surface area contributed by atoms with Gasteiger partial charge in [0.05, 0.1) is 12.2 Å². The highest BCUT2D eigenvalue weighted by atomic mass is 32.1. The van der Waals surface area contributed by atoms with E-state index in [4.69, 9.17) is 22.7 Å². The highest BCUT2D eigenvalue weighted by molar-refractivity contribution is 7.80. The first kappa shape index (κ1) is 14.0. The van der Waals surface area contributed by atoms with Crippen molar-refractivity contribution < 1.29 is 4.74 Å².